The number of anilines is 1. The minimum atomic E-state index is -0.250. The van der Waals surface area contributed by atoms with Gasteiger partial charge in [0, 0.05) is 43.3 Å². The molecule has 210 valence electrons. The van der Waals surface area contributed by atoms with Gasteiger partial charge in [0.15, 0.2) is 0 Å². The molecule has 5 rings (SSSR count). The lowest BCUT2D eigenvalue weighted by atomic mass is 10.1. The van der Waals surface area contributed by atoms with Crippen LogP contribution in [0.1, 0.15) is 27.0 Å². The van der Waals surface area contributed by atoms with Gasteiger partial charge >= 0.3 is 0 Å². The number of ether oxygens (including phenoxy) is 2. The zero-order chi connectivity index (χ0) is 28.4. The molecule has 0 radical (unpaired) electrons. The third-order valence-corrected chi connectivity index (χ3v) is 7.21. The molecule has 0 bridgehead atoms. The number of hydrogen-bond acceptors (Lipinski definition) is 6. The first-order valence-electron chi connectivity index (χ1n) is 13.6. The van der Waals surface area contributed by atoms with Crippen molar-refractivity contribution < 1.29 is 14.3 Å². The van der Waals surface area contributed by atoms with Crippen molar-refractivity contribution in [2.45, 2.75) is 13.2 Å². The molecule has 1 N–H and O–H groups in total. The summed E-state index contributed by atoms with van der Waals surface area (Å²) in [6.07, 6.45) is 1.61. The maximum Gasteiger partial charge on any atom is 0.271 e. The summed E-state index contributed by atoms with van der Waals surface area (Å²) in [5.74, 6) is 1.40. The molecule has 8 heteroatoms. The van der Waals surface area contributed by atoms with Crippen LogP contribution in [0.15, 0.2) is 102 Å². The van der Waals surface area contributed by atoms with Crippen LogP contribution in [0.2, 0.25) is 5.02 Å². The first-order chi connectivity index (χ1) is 20.1. The smallest absolute Gasteiger partial charge is 0.271 e. The highest BCUT2D eigenvalue weighted by Gasteiger charge is 2.19. The Morgan fingerprint density at radius 1 is 0.902 bits per heavy atom. The van der Waals surface area contributed by atoms with Crippen molar-refractivity contribution in [1.29, 1.82) is 0 Å². The van der Waals surface area contributed by atoms with Gasteiger partial charge in [-0.2, -0.15) is 5.10 Å². The van der Waals surface area contributed by atoms with E-state index in [0.717, 1.165) is 61.0 Å². The monoisotopic (exact) mass is 568 g/mol. The number of nitrogens with one attached hydrogen (secondary N) is 1. The van der Waals surface area contributed by atoms with Gasteiger partial charge in [-0.1, -0.05) is 48.0 Å². The van der Waals surface area contributed by atoms with Gasteiger partial charge in [-0.05, 0) is 77.4 Å². The van der Waals surface area contributed by atoms with Crippen LogP contribution in [0.4, 0.5) is 5.69 Å². The second-order valence-electron chi connectivity index (χ2n) is 9.82. The molecule has 1 aliphatic heterocycles. The highest BCUT2D eigenvalue weighted by atomic mass is 35.5. The Labute approximate surface area is 246 Å². The number of nitrogens with zero attached hydrogens (tertiary/aromatic N) is 3. The lowest BCUT2D eigenvalue weighted by Gasteiger charge is -2.36. The Morgan fingerprint density at radius 3 is 2.39 bits per heavy atom. The predicted molar refractivity (Wildman–Crippen MR) is 164 cm³/mol. The maximum absolute atomic E-state index is 12.6. The molecular formula is C33H33ClN4O3. The summed E-state index contributed by atoms with van der Waals surface area (Å²) in [6.45, 7) is 5.09. The molecule has 1 heterocycles. The number of rotatable bonds is 10. The number of para-hydroxylation sites is 2. The summed E-state index contributed by atoms with van der Waals surface area (Å²) in [6, 6.07) is 30.9. The van der Waals surface area contributed by atoms with Crippen molar-refractivity contribution >= 4 is 29.4 Å². The van der Waals surface area contributed by atoms with E-state index in [0.29, 0.717) is 17.2 Å². The maximum atomic E-state index is 12.6. The molecule has 0 atom stereocenters. The Bertz CT molecular complexity index is 1470. The van der Waals surface area contributed by atoms with Crippen LogP contribution in [0.5, 0.6) is 11.5 Å². The second kappa shape index (κ2) is 13.8. The van der Waals surface area contributed by atoms with Gasteiger partial charge in [0.25, 0.3) is 5.91 Å². The molecule has 0 aromatic heterocycles. The number of benzene rings is 4. The van der Waals surface area contributed by atoms with Gasteiger partial charge < -0.3 is 14.4 Å². The van der Waals surface area contributed by atoms with Crippen molar-refractivity contribution in [2.75, 3.05) is 38.2 Å². The second-order valence-corrected chi connectivity index (χ2v) is 10.3. The van der Waals surface area contributed by atoms with E-state index >= 15 is 0 Å². The van der Waals surface area contributed by atoms with E-state index in [4.69, 9.17) is 21.1 Å². The summed E-state index contributed by atoms with van der Waals surface area (Å²) < 4.78 is 11.3. The summed E-state index contributed by atoms with van der Waals surface area (Å²) in [7, 11) is 1.71. The van der Waals surface area contributed by atoms with Crippen molar-refractivity contribution in [3.8, 4) is 11.5 Å². The van der Waals surface area contributed by atoms with Gasteiger partial charge in [0.1, 0.15) is 18.1 Å². The third-order valence-electron chi connectivity index (χ3n) is 6.97. The third kappa shape index (κ3) is 7.87. The minimum Gasteiger partial charge on any atom is -0.495 e. The first kappa shape index (κ1) is 28.2. The minimum absolute atomic E-state index is 0.250. The number of carbonyl (C=O) groups is 1. The molecule has 0 spiro atoms. The molecule has 41 heavy (non-hydrogen) atoms. The van der Waals surface area contributed by atoms with Crippen LogP contribution in [0.25, 0.3) is 0 Å². The molecule has 4 aromatic rings. The fraction of sp³-hybridized carbons (Fsp3) is 0.212. The lowest BCUT2D eigenvalue weighted by Crippen LogP contribution is -2.46. The van der Waals surface area contributed by atoms with Crippen molar-refractivity contribution in [2.24, 2.45) is 5.10 Å². The van der Waals surface area contributed by atoms with Crippen LogP contribution >= 0.6 is 11.6 Å². The Morgan fingerprint density at radius 2 is 1.66 bits per heavy atom. The van der Waals surface area contributed by atoms with E-state index in [1.54, 1.807) is 13.3 Å². The molecule has 4 aromatic carbocycles. The standard InChI is InChI=1S/C33H33ClN4O3/c1-40-32-8-3-2-7-31(32)38-19-17-37(18-20-38)23-26-9-13-28(14-10-26)33(39)36-35-22-25-11-15-30(16-12-25)41-24-27-5-4-6-29(34)21-27/h2-16,21-22H,17-20,23-24H2,1H3,(H,36,39)/b35-22-. The van der Waals surface area contributed by atoms with Gasteiger partial charge in [-0.15, -0.1) is 0 Å². The highest BCUT2D eigenvalue weighted by Crippen LogP contribution is 2.28. The highest BCUT2D eigenvalue weighted by molar-refractivity contribution is 6.30. The number of halogens is 1. The van der Waals surface area contributed by atoms with E-state index in [-0.39, 0.29) is 5.91 Å². The SMILES string of the molecule is COc1ccccc1N1CCN(Cc2ccc(C(=O)N/N=C\c3ccc(OCc4cccc(Cl)c4)cc3)cc2)CC1. The van der Waals surface area contributed by atoms with Gasteiger partial charge in [0.2, 0.25) is 0 Å². The van der Waals surface area contributed by atoms with E-state index in [2.05, 4.69) is 26.4 Å². The number of methoxy groups -OCH3 is 1. The largest absolute Gasteiger partial charge is 0.495 e. The van der Waals surface area contributed by atoms with E-state index in [1.807, 2.05) is 91.0 Å². The van der Waals surface area contributed by atoms with Crippen LogP contribution in [0, 0.1) is 0 Å². The van der Waals surface area contributed by atoms with Crippen LogP contribution in [-0.4, -0.2) is 50.3 Å². The first-order valence-corrected chi connectivity index (χ1v) is 14.0. The molecule has 1 fully saturated rings. The van der Waals surface area contributed by atoms with Crippen LogP contribution < -0.4 is 19.8 Å². The van der Waals surface area contributed by atoms with Gasteiger partial charge in [-0.3, -0.25) is 9.69 Å². The predicted octanol–water partition coefficient (Wildman–Crippen LogP) is 6.01. The molecule has 1 saturated heterocycles. The van der Waals surface area contributed by atoms with Crippen molar-refractivity contribution in [1.82, 2.24) is 10.3 Å². The summed E-state index contributed by atoms with van der Waals surface area (Å²) in [4.78, 5) is 17.4. The number of amides is 1. The quantitative estimate of drug-likeness (QED) is 0.187. The normalized spacial score (nSPS) is 13.8. The molecule has 1 aliphatic rings. The molecule has 0 aliphatic carbocycles. The Hall–Kier alpha value is -4.33. The fourth-order valence-corrected chi connectivity index (χ4v) is 4.94. The number of carbonyl (C=O) groups excluding carboxylic acids is 1. The van der Waals surface area contributed by atoms with Gasteiger partial charge in [0.05, 0.1) is 19.0 Å². The average Bonchev–Trinajstić information content (AvgIpc) is 3.01. The van der Waals surface area contributed by atoms with E-state index in [1.165, 1.54) is 5.56 Å². The summed E-state index contributed by atoms with van der Waals surface area (Å²) >= 11 is 6.02. The Kier molecular flexibility index (Phi) is 9.52. The van der Waals surface area contributed by atoms with Crippen LogP contribution in [0.3, 0.4) is 0 Å². The zero-order valence-electron chi connectivity index (χ0n) is 23.0. The van der Waals surface area contributed by atoms with Gasteiger partial charge in [-0.25, -0.2) is 5.43 Å². The summed E-state index contributed by atoms with van der Waals surface area (Å²) in [5, 5.41) is 4.80. The molecule has 0 unspecified atom stereocenters. The number of piperazine rings is 1. The number of hydrogen-bond donors (Lipinski definition) is 1. The molecule has 1 amide bonds. The number of hydrazone groups is 1. The van der Waals surface area contributed by atoms with Crippen molar-refractivity contribution in [3.63, 3.8) is 0 Å². The fourth-order valence-electron chi connectivity index (χ4n) is 4.73. The molecular weight excluding hydrogens is 536 g/mol. The molecule has 0 saturated carbocycles. The van der Waals surface area contributed by atoms with E-state index < -0.39 is 0 Å². The topological polar surface area (TPSA) is 66.4 Å². The Balaban J connectivity index is 1.06. The van der Waals surface area contributed by atoms with E-state index in [9.17, 15) is 4.79 Å². The lowest BCUT2D eigenvalue weighted by molar-refractivity contribution is 0.0955. The van der Waals surface area contributed by atoms with Crippen LogP contribution in [-0.2, 0) is 13.2 Å². The van der Waals surface area contributed by atoms with Crippen molar-refractivity contribution in [3.05, 3.63) is 124 Å². The average molecular weight is 569 g/mol. The summed E-state index contributed by atoms with van der Waals surface area (Å²) in [5.41, 5.74) is 7.34. The zero-order valence-corrected chi connectivity index (χ0v) is 23.8. The molecule has 7 nitrogen and oxygen atoms in total.